The summed E-state index contributed by atoms with van der Waals surface area (Å²) in [6.45, 7) is 4.68. The van der Waals surface area contributed by atoms with Crippen LogP contribution in [0, 0.1) is 0 Å². The van der Waals surface area contributed by atoms with Crippen LogP contribution in [0.4, 0.5) is 0 Å². The van der Waals surface area contributed by atoms with Gasteiger partial charge in [-0.1, -0.05) is 18.2 Å². The highest BCUT2D eigenvalue weighted by Gasteiger charge is 2.26. The lowest BCUT2D eigenvalue weighted by Gasteiger charge is -2.29. The van der Waals surface area contributed by atoms with Crippen molar-refractivity contribution in [2.75, 3.05) is 20.4 Å². The minimum atomic E-state index is -0.583. The van der Waals surface area contributed by atoms with Crippen molar-refractivity contribution in [3.05, 3.63) is 53.6 Å². The minimum Gasteiger partial charge on any atom is -0.497 e. The number of hydrogen-bond donors (Lipinski definition) is 1. The first-order valence-electron chi connectivity index (χ1n) is 10.1. The van der Waals surface area contributed by atoms with Crippen molar-refractivity contribution in [1.82, 2.24) is 10.2 Å². The molecule has 7 heteroatoms. The fourth-order valence-corrected chi connectivity index (χ4v) is 3.36. The van der Waals surface area contributed by atoms with Gasteiger partial charge in [0, 0.05) is 19.5 Å². The molecule has 1 aliphatic rings. The van der Waals surface area contributed by atoms with E-state index in [0.29, 0.717) is 31.0 Å². The summed E-state index contributed by atoms with van der Waals surface area (Å²) < 4.78 is 16.0. The number of methoxy groups -OCH3 is 1. The van der Waals surface area contributed by atoms with Gasteiger partial charge < -0.3 is 24.4 Å². The smallest absolute Gasteiger partial charge is 0.242 e. The number of benzene rings is 2. The molecule has 3 rings (SSSR count). The molecule has 160 valence electrons. The second-order valence-electron chi connectivity index (χ2n) is 7.13. The van der Waals surface area contributed by atoms with Gasteiger partial charge in [0.1, 0.15) is 11.8 Å². The molecule has 1 aliphatic heterocycles. The Labute approximate surface area is 176 Å². The summed E-state index contributed by atoms with van der Waals surface area (Å²) in [5.41, 5.74) is 1.89. The quantitative estimate of drug-likeness (QED) is 0.685. The molecule has 0 aromatic heterocycles. The lowest BCUT2D eigenvalue weighted by atomic mass is 10.1. The van der Waals surface area contributed by atoms with Crippen molar-refractivity contribution in [1.29, 1.82) is 0 Å². The van der Waals surface area contributed by atoms with Crippen LogP contribution in [0.1, 0.15) is 31.4 Å². The van der Waals surface area contributed by atoms with Crippen LogP contribution in [0.3, 0.4) is 0 Å². The van der Waals surface area contributed by atoms with E-state index in [1.165, 1.54) is 0 Å². The first-order chi connectivity index (χ1) is 14.5. The lowest BCUT2D eigenvalue weighted by Crippen LogP contribution is -2.47. The summed E-state index contributed by atoms with van der Waals surface area (Å²) in [6, 6.07) is 12.6. The van der Waals surface area contributed by atoms with Crippen LogP contribution in [0.2, 0.25) is 0 Å². The number of ether oxygens (including phenoxy) is 3. The van der Waals surface area contributed by atoms with E-state index in [0.717, 1.165) is 16.9 Å². The average molecular weight is 412 g/mol. The van der Waals surface area contributed by atoms with E-state index in [4.69, 9.17) is 14.2 Å². The minimum absolute atomic E-state index is 0.0887. The normalized spacial score (nSPS) is 12.9. The molecule has 0 fully saturated rings. The number of nitrogens with one attached hydrogen (secondary N) is 1. The van der Waals surface area contributed by atoms with Crippen LogP contribution in [-0.2, 0) is 22.6 Å². The molecule has 30 heavy (non-hydrogen) atoms. The Balaban J connectivity index is 1.72. The number of carbonyl (C=O) groups excluding carboxylic acids is 2. The van der Waals surface area contributed by atoms with Crippen molar-refractivity contribution < 1.29 is 23.8 Å². The highest BCUT2D eigenvalue weighted by molar-refractivity contribution is 5.87. The van der Waals surface area contributed by atoms with Gasteiger partial charge in [0.05, 0.1) is 7.11 Å². The predicted octanol–water partition coefficient (Wildman–Crippen LogP) is 2.91. The van der Waals surface area contributed by atoms with E-state index >= 15 is 0 Å². The van der Waals surface area contributed by atoms with Crippen LogP contribution >= 0.6 is 0 Å². The monoisotopic (exact) mass is 412 g/mol. The summed E-state index contributed by atoms with van der Waals surface area (Å²) in [4.78, 5) is 27.2. The molecule has 1 heterocycles. The molecule has 0 spiro atoms. The Morgan fingerprint density at radius 2 is 1.93 bits per heavy atom. The number of rotatable bonds is 9. The van der Waals surface area contributed by atoms with Gasteiger partial charge in [-0.2, -0.15) is 0 Å². The maximum Gasteiger partial charge on any atom is 0.242 e. The molecule has 0 unspecified atom stereocenters. The Hall–Kier alpha value is -3.22. The fourth-order valence-electron chi connectivity index (χ4n) is 3.36. The Morgan fingerprint density at radius 3 is 2.70 bits per heavy atom. The molecule has 2 amide bonds. The molecule has 1 atom stereocenters. The first-order valence-corrected chi connectivity index (χ1v) is 10.1. The molecule has 0 saturated heterocycles. The van der Waals surface area contributed by atoms with Crippen LogP contribution in [0.15, 0.2) is 42.5 Å². The van der Waals surface area contributed by atoms with E-state index in [9.17, 15) is 9.59 Å². The molecular formula is C23H28N2O5. The van der Waals surface area contributed by atoms with E-state index in [2.05, 4.69) is 5.32 Å². The standard InChI is InChI=1S/C23H28N2O5/c1-4-24-23(27)16(2)25(14-18-6-5-7-19(12-18)28-3)22(26)11-9-17-8-10-20-21(13-17)30-15-29-20/h5-8,10,12-13,16H,4,9,11,14-15H2,1-3H3,(H,24,27)/t16-/m1/s1. The van der Waals surface area contributed by atoms with Gasteiger partial charge >= 0.3 is 0 Å². The zero-order chi connectivity index (χ0) is 21.5. The molecule has 0 aliphatic carbocycles. The number of fused-ring (bicyclic) bond motifs is 1. The molecule has 1 N–H and O–H groups in total. The topological polar surface area (TPSA) is 77.1 Å². The number of nitrogens with zero attached hydrogens (tertiary/aromatic N) is 1. The van der Waals surface area contributed by atoms with Crippen molar-refractivity contribution in [2.24, 2.45) is 0 Å². The third-order valence-electron chi connectivity index (χ3n) is 5.07. The van der Waals surface area contributed by atoms with Crippen LogP contribution in [0.25, 0.3) is 0 Å². The van der Waals surface area contributed by atoms with Crippen LogP contribution in [-0.4, -0.2) is 43.2 Å². The van der Waals surface area contributed by atoms with Gasteiger partial charge in [0.2, 0.25) is 18.6 Å². The van der Waals surface area contributed by atoms with Gasteiger partial charge in [-0.05, 0) is 55.7 Å². The van der Waals surface area contributed by atoms with Crippen molar-refractivity contribution in [3.63, 3.8) is 0 Å². The van der Waals surface area contributed by atoms with E-state index in [-0.39, 0.29) is 25.0 Å². The summed E-state index contributed by atoms with van der Waals surface area (Å²) >= 11 is 0. The maximum absolute atomic E-state index is 13.1. The molecule has 0 saturated carbocycles. The molecule has 0 radical (unpaired) electrons. The molecule has 7 nitrogen and oxygen atoms in total. The molecule has 0 bridgehead atoms. The van der Waals surface area contributed by atoms with E-state index in [1.54, 1.807) is 18.9 Å². The second kappa shape index (κ2) is 10.0. The maximum atomic E-state index is 13.1. The zero-order valence-electron chi connectivity index (χ0n) is 17.6. The summed E-state index contributed by atoms with van der Waals surface area (Å²) in [7, 11) is 1.60. The van der Waals surface area contributed by atoms with Crippen molar-refractivity contribution >= 4 is 11.8 Å². The van der Waals surface area contributed by atoms with Gasteiger partial charge in [0.15, 0.2) is 11.5 Å². The second-order valence-corrected chi connectivity index (χ2v) is 7.13. The number of aryl methyl sites for hydroxylation is 1. The van der Waals surface area contributed by atoms with Gasteiger partial charge in [-0.15, -0.1) is 0 Å². The Kier molecular flexibility index (Phi) is 7.17. The molecule has 2 aromatic rings. The summed E-state index contributed by atoms with van der Waals surface area (Å²) in [5, 5.41) is 2.80. The lowest BCUT2D eigenvalue weighted by molar-refractivity contribution is -0.140. The van der Waals surface area contributed by atoms with Crippen molar-refractivity contribution in [2.45, 2.75) is 39.3 Å². The van der Waals surface area contributed by atoms with E-state index in [1.807, 2.05) is 49.4 Å². The largest absolute Gasteiger partial charge is 0.497 e. The third kappa shape index (κ3) is 5.23. The Bertz CT molecular complexity index is 899. The number of carbonyl (C=O) groups is 2. The summed E-state index contributed by atoms with van der Waals surface area (Å²) in [6.07, 6.45) is 0.833. The number of amides is 2. The van der Waals surface area contributed by atoms with Gasteiger partial charge in [-0.3, -0.25) is 9.59 Å². The van der Waals surface area contributed by atoms with Gasteiger partial charge in [0.25, 0.3) is 0 Å². The zero-order valence-corrected chi connectivity index (χ0v) is 17.6. The molecular weight excluding hydrogens is 384 g/mol. The van der Waals surface area contributed by atoms with Crippen LogP contribution in [0.5, 0.6) is 17.2 Å². The number of likely N-dealkylation sites (N-methyl/N-ethyl adjacent to an activating group) is 1. The summed E-state index contributed by atoms with van der Waals surface area (Å²) in [5.74, 6) is 1.87. The van der Waals surface area contributed by atoms with E-state index < -0.39 is 6.04 Å². The molecule has 2 aromatic carbocycles. The van der Waals surface area contributed by atoms with Crippen molar-refractivity contribution in [3.8, 4) is 17.2 Å². The predicted molar refractivity (Wildman–Crippen MR) is 113 cm³/mol. The fraction of sp³-hybridized carbons (Fsp3) is 0.391. The van der Waals surface area contributed by atoms with Gasteiger partial charge in [-0.25, -0.2) is 0 Å². The highest BCUT2D eigenvalue weighted by Crippen LogP contribution is 2.32. The Morgan fingerprint density at radius 1 is 1.13 bits per heavy atom. The third-order valence-corrected chi connectivity index (χ3v) is 5.07. The SMILES string of the molecule is CCNC(=O)[C@@H](C)N(Cc1cccc(OC)c1)C(=O)CCc1ccc2c(c1)OCO2. The number of hydrogen-bond acceptors (Lipinski definition) is 5. The van der Waals surface area contributed by atoms with Crippen LogP contribution < -0.4 is 19.5 Å². The first kappa shape index (κ1) is 21.5. The highest BCUT2D eigenvalue weighted by atomic mass is 16.7. The average Bonchev–Trinajstić information content (AvgIpc) is 3.23.